The highest BCUT2D eigenvalue weighted by atomic mass is 16.3. The Morgan fingerprint density at radius 2 is 1.83 bits per heavy atom. The van der Waals surface area contributed by atoms with E-state index in [-0.39, 0.29) is 29.4 Å². The molecule has 0 saturated carbocycles. The number of carbonyl (C=O) groups is 1. The molecule has 3 rings (SSSR count). The number of carbonyl (C=O) groups excluding carboxylic acids is 1. The summed E-state index contributed by atoms with van der Waals surface area (Å²) >= 11 is 0. The fourth-order valence-corrected chi connectivity index (χ4v) is 2.46. The van der Waals surface area contributed by atoms with Crippen LogP contribution >= 0.6 is 0 Å². The van der Waals surface area contributed by atoms with Crippen LogP contribution in [-0.2, 0) is 25.4 Å². The van der Waals surface area contributed by atoms with Crippen LogP contribution in [0.25, 0.3) is 11.2 Å². The number of nitrogens with zero attached hydrogens (tertiary/aromatic N) is 4. The summed E-state index contributed by atoms with van der Waals surface area (Å²) in [5, 5.41) is 11.9. The number of aromatic nitrogens is 4. The van der Waals surface area contributed by atoms with Gasteiger partial charge in [0.1, 0.15) is 17.9 Å². The zero-order valence-corrected chi connectivity index (χ0v) is 13.1. The van der Waals surface area contributed by atoms with E-state index in [0.29, 0.717) is 5.69 Å². The van der Waals surface area contributed by atoms with Gasteiger partial charge in [-0.2, -0.15) is 0 Å². The molecular formula is C15H15N5O4. The number of nitrogens with one attached hydrogen (secondary N) is 1. The predicted molar refractivity (Wildman–Crippen MR) is 87.0 cm³/mol. The maximum atomic E-state index is 12.2. The van der Waals surface area contributed by atoms with Crippen LogP contribution in [0, 0.1) is 0 Å². The molecule has 3 aromatic rings. The Hall–Kier alpha value is -3.36. The van der Waals surface area contributed by atoms with Crippen molar-refractivity contribution in [3.63, 3.8) is 0 Å². The Morgan fingerprint density at radius 3 is 2.50 bits per heavy atom. The lowest BCUT2D eigenvalue weighted by Gasteiger charge is -2.09. The first kappa shape index (κ1) is 15.5. The second-order valence-corrected chi connectivity index (χ2v) is 5.35. The van der Waals surface area contributed by atoms with Crippen LogP contribution in [0.3, 0.4) is 0 Å². The molecule has 24 heavy (non-hydrogen) atoms. The Balaban J connectivity index is 1.93. The van der Waals surface area contributed by atoms with E-state index in [0.717, 1.165) is 4.57 Å². The Morgan fingerprint density at radius 1 is 1.17 bits per heavy atom. The second kappa shape index (κ2) is 5.69. The molecule has 2 N–H and O–H groups in total. The number of fused-ring (bicyclic) bond motifs is 1. The van der Waals surface area contributed by atoms with Crippen molar-refractivity contribution in [2.75, 3.05) is 5.32 Å². The Bertz CT molecular complexity index is 1040. The van der Waals surface area contributed by atoms with Gasteiger partial charge in [0.2, 0.25) is 5.91 Å². The normalized spacial score (nSPS) is 10.9. The quantitative estimate of drug-likeness (QED) is 0.645. The molecule has 1 aromatic carbocycles. The van der Waals surface area contributed by atoms with Crippen molar-refractivity contribution >= 4 is 22.8 Å². The number of phenols is 1. The molecule has 0 bridgehead atoms. The van der Waals surface area contributed by atoms with Crippen molar-refractivity contribution in [1.82, 2.24) is 18.7 Å². The van der Waals surface area contributed by atoms with Gasteiger partial charge < -0.3 is 15.0 Å². The number of hydrogen-bond acceptors (Lipinski definition) is 5. The molecule has 9 nitrogen and oxygen atoms in total. The third-order valence-corrected chi connectivity index (χ3v) is 3.67. The smallest absolute Gasteiger partial charge is 0.332 e. The van der Waals surface area contributed by atoms with Crippen molar-refractivity contribution in [1.29, 1.82) is 0 Å². The maximum absolute atomic E-state index is 12.2. The fraction of sp³-hybridized carbons (Fsp3) is 0.200. The molecule has 124 valence electrons. The van der Waals surface area contributed by atoms with E-state index >= 15 is 0 Å². The van der Waals surface area contributed by atoms with Gasteiger partial charge in [-0.3, -0.25) is 18.7 Å². The van der Waals surface area contributed by atoms with Gasteiger partial charge >= 0.3 is 5.69 Å². The molecule has 2 aromatic heterocycles. The van der Waals surface area contributed by atoms with Gasteiger partial charge in [0.25, 0.3) is 5.56 Å². The minimum absolute atomic E-state index is 0.0967. The molecule has 0 fully saturated rings. The van der Waals surface area contributed by atoms with Crippen LogP contribution in [0.5, 0.6) is 5.75 Å². The first-order valence-electron chi connectivity index (χ1n) is 7.08. The van der Waals surface area contributed by atoms with Crippen LogP contribution in [0.1, 0.15) is 0 Å². The summed E-state index contributed by atoms with van der Waals surface area (Å²) in [6.45, 7) is -0.113. The van der Waals surface area contributed by atoms with E-state index < -0.39 is 11.2 Å². The first-order valence-corrected chi connectivity index (χ1v) is 7.08. The van der Waals surface area contributed by atoms with E-state index in [4.69, 9.17) is 0 Å². The molecule has 2 heterocycles. The van der Waals surface area contributed by atoms with Gasteiger partial charge in [-0.15, -0.1) is 0 Å². The van der Waals surface area contributed by atoms with Crippen LogP contribution in [0.2, 0.25) is 0 Å². The van der Waals surface area contributed by atoms with Crippen molar-refractivity contribution in [2.24, 2.45) is 14.1 Å². The zero-order valence-electron chi connectivity index (χ0n) is 13.1. The zero-order chi connectivity index (χ0) is 17.4. The summed E-state index contributed by atoms with van der Waals surface area (Å²) in [6, 6.07) is 6.03. The molecule has 0 radical (unpaired) electrons. The first-order chi connectivity index (χ1) is 11.4. The summed E-state index contributed by atoms with van der Waals surface area (Å²) in [4.78, 5) is 40.3. The molecule has 0 atom stereocenters. The average molecular weight is 329 g/mol. The lowest BCUT2D eigenvalue weighted by molar-refractivity contribution is -0.116. The Kier molecular flexibility index (Phi) is 3.68. The van der Waals surface area contributed by atoms with E-state index in [2.05, 4.69) is 10.3 Å². The van der Waals surface area contributed by atoms with Crippen molar-refractivity contribution in [3.05, 3.63) is 51.4 Å². The van der Waals surface area contributed by atoms with Crippen molar-refractivity contribution in [3.8, 4) is 5.75 Å². The number of aromatic hydroxyl groups is 1. The lowest BCUT2D eigenvalue weighted by atomic mass is 10.3. The molecule has 1 amide bonds. The standard InChI is InChI=1S/C15H15N5O4/c1-18-13-12(14(23)19(2)15(18)24)16-8-20(13)7-11(22)17-9-3-5-10(21)6-4-9/h3-6,8,21H,7H2,1-2H3,(H,17,22). The number of anilines is 1. The minimum Gasteiger partial charge on any atom is -0.508 e. The second-order valence-electron chi connectivity index (χ2n) is 5.35. The molecule has 0 aliphatic heterocycles. The summed E-state index contributed by atoms with van der Waals surface area (Å²) < 4.78 is 3.68. The van der Waals surface area contributed by atoms with Crippen molar-refractivity contribution < 1.29 is 9.90 Å². The third kappa shape index (κ3) is 2.56. The molecular weight excluding hydrogens is 314 g/mol. The molecule has 0 aliphatic carbocycles. The number of aryl methyl sites for hydroxylation is 1. The van der Waals surface area contributed by atoms with Gasteiger partial charge in [-0.1, -0.05) is 0 Å². The monoisotopic (exact) mass is 329 g/mol. The van der Waals surface area contributed by atoms with Gasteiger partial charge in [0, 0.05) is 19.8 Å². The lowest BCUT2D eigenvalue weighted by Crippen LogP contribution is -2.37. The van der Waals surface area contributed by atoms with Crippen LogP contribution < -0.4 is 16.6 Å². The van der Waals surface area contributed by atoms with Crippen LogP contribution in [0.4, 0.5) is 5.69 Å². The maximum Gasteiger partial charge on any atom is 0.332 e. The van der Waals surface area contributed by atoms with Gasteiger partial charge in [0.05, 0.1) is 6.33 Å². The Labute approximate surface area is 135 Å². The van der Waals surface area contributed by atoms with Crippen molar-refractivity contribution in [2.45, 2.75) is 6.54 Å². The number of benzene rings is 1. The van der Waals surface area contributed by atoms with E-state index in [1.807, 2.05) is 0 Å². The number of phenolic OH excluding ortho intramolecular Hbond substituents is 1. The number of rotatable bonds is 3. The van der Waals surface area contributed by atoms with E-state index in [1.54, 1.807) is 12.1 Å². The average Bonchev–Trinajstić information content (AvgIpc) is 2.96. The fourth-order valence-electron chi connectivity index (χ4n) is 2.46. The highest BCUT2D eigenvalue weighted by Gasteiger charge is 2.15. The predicted octanol–water partition coefficient (Wildman–Crippen LogP) is -0.222. The van der Waals surface area contributed by atoms with E-state index in [9.17, 15) is 19.5 Å². The summed E-state index contributed by atoms with van der Waals surface area (Å²) in [5.41, 5.74) is -0.0769. The largest absolute Gasteiger partial charge is 0.508 e. The highest BCUT2D eigenvalue weighted by Crippen LogP contribution is 2.14. The highest BCUT2D eigenvalue weighted by molar-refractivity contribution is 5.91. The SMILES string of the molecule is Cn1c(=O)c2ncn(CC(=O)Nc3ccc(O)cc3)c2n(C)c1=O. The molecule has 0 unspecified atom stereocenters. The van der Waals surface area contributed by atoms with Crippen LogP contribution in [0.15, 0.2) is 40.2 Å². The number of hydrogen-bond donors (Lipinski definition) is 2. The van der Waals surface area contributed by atoms with Gasteiger partial charge in [-0.05, 0) is 24.3 Å². The topological polar surface area (TPSA) is 111 Å². The summed E-state index contributed by atoms with van der Waals surface area (Å²) in [6.07, 6.45) is 1.35. The molecule has 9 heteroatoms. The summed E-state index contributed by atoms with van der Waals surface area (Å²) in [5.74, 6) is -0.257. The summed E-state index contributed by atoms with van der Waals surface area (Å²) in [7, 11) is 2.89. The van der Waals surface area contributed by atoms with Crippen LogP contribution in [-0.4, -0.2) is 29.7 Å². The van der Waals surface area contributed by atoms with E-state index in [1.165, 1.54) is 41.7 Å². The van der Waals surface area contributed by atoms with Gasteiger partial charge in [-0.25, -0.2) is 9.78 Å². The van der Waals surface area contributed by atoms with Gasteiger partial charge in [0.15, 0.2) is 5.52 Å². The molecule has 0 aliphatic rings. The molecule has 0 saturated heterocycles. The minimum atomic E-state index is -0.509. The number of amides is 1. The molecule has 0 spiro atoms. The third-order valence-electron chi connectivity index (χ3n) is 3.67. The number of imidazole rings is 1.